The molecule has 1 unspecified atom stereocenters. The van der Waals surface area contributed by atoms with Crippen molar-refractivity contribution in [1.82, 2.24) is 9.80 Å². The highest BCUT2D eigenvalue weighted by molar-refractivity contribution is 7.99. The molecule has 2 heterocycles. The van der Waals surface area contributed by atoms with Crippen molar-refractivity contribution >= 4 is 36.0 Å². The quantitative estimate of drug-likeness (QED) is 0.780. The minimum absolute atomic E-state index is 0. The van der Waals surface area contributed by atoms with Crippen molar-refractivity contribution in [2.45, 2.75) is 39.3 Å². The van der Waals surface area contributed by atoms with Crippen LogP contribution in [-0.4, -0.2) is 58.4 Å². The average molecular weight is 322 g/mol. The summed E-state index contributed by atoms with van der Waals surface area (Å²) in [6, 6.07) is -0.216. The number of nitrogens with zero attached hydrogens (tertiary/aromatic N) is 2. The summed E-state index contributed by atoms with van der Waals surface area (Å²) in [5.74, 6) is 1.44. The fourth-order valence-corrected chi connectivity index (χ4v) is 3.62. The molecule has 0 aromatic carbocycles. The molecule has 5 nitrogen and oxygen atoms in total. The Kier molecular flexibility index (Phi) is 5.75. The van der Waals surface area contributed by atoms with E-state index in [0.29, 0.717) is 18.2 Å². The van der Waals surface area contributed by atoms with E-state index in [-0.39, 0.29) is 36.3 Å². The topological polar surface area (TPSA) is 66.6 Å². The van der Waals surface area contributed by atoms with Gasteiger partial charge < -0.3 is 15.5 Å². The van der Waals surface area contributed by atoms with Crippen LogP contribution >= 0.6 is 24.2 Å². The van der Waals surface area contributed by atoms with Gasteiger partial charge in [-0.05, 0) is 6.42 Å². The maximum absolute atomic E-state index is 12.5. The summed E-state index contributed by atoms with van der Waals surface area (Å²) in [6.07, 6.45) is 0.860. The number of hydrogen-bond donors (Lipinski definition) is 1. The number of carbonyl (C=O) groups is 2. The first kappa shape index (κ1) is 17.6. The van der Waals surface area contributed by atoms with Crippen LogP contribution in [0.3, 0.4) is 0 Å². The number of amides is 2. The largest absolute Gasteiger partial charge is 0.339 e. The van der Waals surface area contributed by atoms with E-state index in [0.717, 1.165) is 13.0 Å². The van der Waals surface area contributed by atoms with Gasteiger partial charge in [-0.1, -0.05) is 20.8 Å². The Hall–Kier alpha value is -0.460. The molecule has 2 saturated heterocycles. The van der Waals surface area contributed by atoms with Crippen LogP contribution in [0.4, 0.5) is 0 Å². The molecule has 2 aliphatic heterocycles. The lowest BCUT2D eigenvalue weighted by Gasteiger charge is -2.31. The minimum Gasteiger partial charge on any atom is -0.339 e. The fourth-order valence-electron chi connectivity index (χ4n) is 2.48. The molecule has 20 heavy (non-hydrogen) atoms. The van der Waals surface area contributed by atoms with Gasteiger partial charge in [-0.3, -0.25) is 9.59 Å². The highest BCUT2D eigenvalue weighted by Crippen LogP contribution is 2.28. The zero-order chi connectivity index (χ0) is 14.2. The smallest absolute Gasteiger partial charge is 0.246 e. The highest BCUT2D eigenvalue weighted by atomic mass is 35.5. The number of nitrogens with two attached hydrogens (primary N) is 1. The molecular weight excluding hydrogens is 298 g/mol. The average Bonchev–Trinajstić information content (AvgIpc) is 2.94. The third-order valence-corrected chi connectivity index (χ3v) is 4.62. The van der Waals surface area contributed by atoms with Gasteiger partial charge in [-0.15, -0.1) is 24.2 Å². The molecule has 0 saturated carbocycles. The molecule has 2 atom stereocenters. The van der Waals surface area contributed by atoms with Gasteiger partial charge >= 0.3 is 0 Å². The predicted molar refractivity (Wildman–Crippen MR) is 83.8 cm³/mol. The third-order valence-electron chi connectivity index (χ3n) is 3.61. The molecule has 2 rings (SSSR count). The monoisotopic (exact) mass is 321 g/mol. The van der Waals surface area contributed by atoms with Crippen LogP contribution in [-0.2, 0) is 9.59 Å². The molecule has 2 amide bonds. The Morgan fingerprint density at radius 2 is 1.95 bits per heavy atom. The second-order valence-corrected chi connectivity index (χ2v) is 7.37. The van der Waals surface area contributed by atoms with Gasteiger partial charge in [0.15, 0.2) is 0 Å². The Morgan fingerprint density at radius 3 is 2.45 bits per heavy atom. The summed E-state index contributed by atoms with van der Waals surface area (Å²) < 4.78 is 0. The molecule has 0 aromatic rings. The lowest BCUT2D eigenvalue weighted by molar-refractivity contribution is -0.147. The van der Waals surface area contributed by atoms with Crippen molar-refractivity contribution in [3.05, 3.63) is 0 Å². The third kappa shape index (κ3) is 3.59. The van der Waals surface area contributed by atoms with Crippen LogP contribution < -0.4 is 5.73 Å². The summed E-state index contributed by atoms with van der Waals surface area (Å²) in [7, 11) is 0. The normalized spacial score (nSPS) is 26.6. The Balaban J connectivity index is 0.00000200. The molecule has 0 spiro atoms. The molecular formula is C13H24ClN3O2S. The summed E-state index contributed by atoms with van der Waals surface area (Å²) in [5.41, 5.74) is 5.41. The van der Waals surface area contributed by atoms with E-state index in [1.165, 1.54) is 0 Å². The van der Waals surface area contributed by atoms with Crippen molar-refractivity contribution in [1.29, 1.82) is 0 Å². The molecule has 0 aliphatic carbocycles. The lowest BCUT2D eigenvalue weighted by atomic mass is 9.94. The number of rotatable bonds is 1. The van der Waals surface area contributed by atoms with Gasteiger partial charge in [-0.25, -0.2) is 0 Å². The van der Waals surface area contributed by atoms with Crippen LogP contribution in [0.2, 0.25) is 0 Å². The Bertz CT molecular complexity index is 386. The maximum atomic E-state index is 12.5. The van der Waals surface area contributed by atoms with Gasteiger partial charge in [-0.2, -0.15) is 0 Å². The second kappa shape index (κ2) is 6.54. The fraction of sp³-hybridized carbons (Fsp3) is 0.846. The first-order chi connectivity index (χ1) is 8.80. The van der Waals surface area contributed by atoms with Gasteiger partial charge in [0, 0.05) is 30.3 Å². The first-order valence-corrected chi connectivity index (χ1v) is 7.89. The molecule has 7 heteroatoms. The molecule has 0 aromatic heterocycles. The van der Waals surface area contributed by atoms with Crippen molar-refractivity contribution in [2.75, 3.05) is 24.7 Å². The number of likely N-dealkylation sites (tertiary alicyclic amines) is 1. The van der Waals surface area contributed by atoms with E-state index in [9.17, 15) is 9.59 Å². The minimum atomic E-state index is -0.440. The second-order valence-electron chi connectivity index (χ2n) is 6.37. The number of thioether (sulfide) groups is 1. The standard InChI is InChI=1S/C13H23N3O2S.ClH/c1-13(2,3)12(18)16-8-19-7-10(16)11(17)15-5-4-9(14)6-15;/h9-10H,4-8,14H2,1-3H3;1H/t9-,10?;/m1./s1. The first-order valence-electron chi connectivity index (χ1n) is 6.74. The zero-order valence-corrected chi connectivity index (χ0v) is 13.9. The van der Waals surface area contributed by atoms with Crippen LogP contribution in [0.15, 0.2) is 0 Å². The molecule has 2 fully saturated rings. The number of carbonyl (C=O) groups excluding carboxylic acids is 2. The van der Waals surface area contributed by atoms with Crippen LogP contribution in [0.25, 0.3) is 0 Å². The summed E-state index contributed by atoms with van der Waals surface area (Å²) in [5, 5.41) is 0. The van der Waals surface area contributed by atoms with E-state index >= 15 is 0 Å². The van der Waals surface area contributed by atoms with Crippen LogP contribution in [0.1, 0.15) is 27.2 Å². The van der Waals surface area contributed by atoms with Crippen molar-refractivity contribution < 1.29 is 9.59 Å². The molecule has 0 radical (unpaired) electrons. The lowest BCUT2D eigenvalue weighted by Crippen LogP contribution is -2.51. The van der Waals surface area contributed by atoms with E-state index in [1.807, 2.05) is 25.7 Å². The van der Waals surface area contributed by atoms with E-state index in [2.05, 4.69) is 0 Å². The van der Waals surface area contributed by atoms with E-state index in [4.69, 9.17) is 5.73 Å². The van der Waals surface area contributed by atoms with Crippen LogP contribution in [0, 0.1) is 5.41 Å². The molecule has 116 valence electrons. The zero-order valence-electron chi connectivity index (χ0n) is 12.3. The summed E-state index contributed by atoms with van der Waals surface area (Å²) in [4.78, 5) is 28.4. The Labute approximate surface area is 131 Å². The van der Waals surface area contributed by atoms with Crippen molar-refractivity contribution in [3.8, 4) is 0 Å². The highest BCUT2D eigenvalue weighted by Gasteiger charge is 2.41. The number of hydrogen-bond acceptors (Lipinski definition) is 4. The molecule has 0 bridgehead atoms. The maximum Gasteiger partial charge on any atom is 0.246 e. The summed E-state index contributed by atoms with van der Waals surface area (Å²) >= 11 is 1.65. The van der Waals surface area contributed by atoms with E-state index < -0.39 is 5.41 Å². The van der Waals surface area contributed by atoms with E-state index in [1.54, 1.807) is 16.7 Å². The number of halogens is 1. The SMILES string of the molecule is CC(C)(C)C(=O)N1CSCC1C(=O)N1CC[C@@H](N)C1.Cl. The van der Waals surface area contributed by atoms with Gasteiger partial charge in [0.1, 0.15) is 6.04 Å². The van der Waals surface area contributed by atoms with Gasteiger partial charge in [0.05, 0.1) is 5.88 Å². The molecule has 2 aliphatic rings. The van der Waals surface area contributed by atoms with Crippen molar-refractivity contribution in [2.24, 2.45) is 11.1 Å². The predicted octanol–water partition coefficient (Wildman–Crippen LogP) is 0.915. The van der Waals surface area contributed by atoms with Crippen LogP contribution in [0.5, 0.6) is 0 Å². The van der Waals surface area contributed by atoms with Crippen molar-refractivity contribution in [3.63, 3.8) is 0 Å². The Morgan fingerprint density at radius 1 is 1.30 bits per heavy atom. The van der Waals surface area contributed by atoms with Gasteiger partial charge in [0.2, 0.25) is 11.8 Å². The summed E-state index contributed by atoms with van der Waals surface area (Å²) in [6.45, 7) is 7.03. The molecule has 2 N–H and O–H groups in total. The van der Waals surface area contributed by atoms with Gasteiger partial charge in [0.25, 0.3) is 0 Å².